The lowest BCUT2D eigenvalue weighted by Gasteiger charge is -2.13. The van der Waals surface area contributed by atoms with Crippen LogP contribution in [0.4, 0.5) is 0 Å². The minimum absolute atomic E-state index is 0.572. The van der Waals surface area contributed by atoms with Crippen LogP contribution in [0.3, 0.4) is 0 Å². The zero-order valence-corrected chi connectivity index (χ0v) is 26.7. The van der Waals surface area contributed by atoms with Gasteiger partial charge >= 0.3 is 0 Å². The van der Waals surface area contributed by atoms with E-state index in [9.17, 15) is 10.5 Å². The van der Waals surface area contributed by atoms with Gasteiger partial charge in [0.1, 0.15) is 5.65 Å². The highest BCUT2D eigenvalue weighted by Gasteiger charge is 2.19. The number of pyridine rings is 1. The lowest BCUT2D eigenvalue weighted by Crippen LogP contribution is -1.98. The molecule has 6 heteroatoms. The average Bonchev–Trinajstić information content (AvgIpc) is 3.82. The lowest BCUT2D eigenvalue weighted by atomic mass is 10.0. The Morgan fingerprint density at radius 2 is 1.29 bits per heavy atom. The maximum Gasteiger partial charge on any atom is 0.145 e. The number of nitrogens with zero attached hydrogens (tertiary/aromatic N) is 5. The van der Waals surface area contributed by atoms with Gasteiger partial charge in [0.2, 0.25) is 0 Å². The summed E-state index contributed by atoms with van der Waals surface area (Å²) in [6.07, 6.45) is 1.86. The van der Waals surface area contributed by atoms with Crippen LogP contribution in [0.2, 0.25) is 0 Å². The Kier molecular flexibility index (Phi) is 5.81. The molecule has 5 nitrogen and oxygen atoms in total. The minimum Gasteiger partial charge on any atom is -0.309 e. The van der Waals surface area contributed by atoms with Crippen LogP contribution in [0.1, 0.15) is 11.1 Å². The Morgan fingerprint density at radius 1 is 0.510 bits per heavy atom. The van der Waals surface area contributed by atoms with Crippen LogP contribution in [0.15, 0.2) is 140 Å². The van der Waals surface area contributed by atoms with Crippen molar-refractivity contribution in [2.45, 2.75) is 0 Å². The molecule has 4 heterocycles. The van der Waals surface area contributed by atoms with Crippen molar-refractivity contribution in [1.29, 1.82) is 10.5 Å². The van der Waals surface area contributed by atoms with E-state index in [1.807, 2.05) is 66.1 Å². The Balaban J connectivity index is 1.22. The fourth-order valence-electron chi connectivity index (χ4n) is 7.47. The summed E-state index contributed by atoms with van der Waals surface area (Å²) in [7, 11) is 0. The van der Waals surface area contributed by atoms with Crippen molar-refractivity contribution in [2.75, 3.05) is 0 Å². The van der Waals surface area contributed by atoms with Crippen LogP contribution >= 0.6 is 11.3 Å². The Bertz CT molecular complexity index is 3090. The average molecular weight is 642 g/mol. The summed E-state index contributed by atoms with van der Waals surface area (Å²) >= 11 is 1.82. The van der Waals surface area contributed by atoms with Crippen molar-refractivity contribution in [3.05, 3.63) is 151 Å². The Morgan fingerprint density at radius 3 is 2.18 bits per heavy atom. The van der Waals surface area contributed by atoms with Crippen LogP contribution in [-0.4, -0.2) is 14.1 Å². The highest BCUT2D eigenvalue weighted by molar-refractivity contribution is 7.26. The van der Waals surface area contributed by atoms with E-state index >= 15 is 0 Å². The maximum absolute atomic E-state index is 10.2. The fourth-order valence-corrected chi connectivity index (χ4v) is 8.71. The molecule has 0 aliphatic rings. The monoisotopic (exact) mass is 641 g/mol. The largest absolute Gasteiger partial charge is 0.309 e. The van der Waals surface area contributed by atoms with Gasteiger partial charge in [0.25, 0.3) is 0 Å². The summed E-state index contributed by atoms with van der Waals surface area (Å²) in [5.74, 6) is 0. The highest BCUT2D eigenvalue weighted by Crippen LogP contribution is 2.43. The summed E-state index contributed by atoms with van der Waals surface area (Å²) in [6.45, 7) is 0. The van der Waals surface area contributed by atoms with Crippen LogP contribution in [0, 0.1) is 22.7 Å². The van der Waals surface area contributed by atoms with E-state index in [0.717, 1.165) is 60.9 Å². The third-order valence-corrected chi connectivity index (χ3v) is 10.8. The minimum atomic E-state index is 0.572. The second-order valence-electron chi connectivity index (χ2n) is 12.3. The molecule has 49 heavy (non-hydrogen) atoms. The fraction of sp³-hybridized carbons (Fsp3) is 0. The quantitative estimate of drug-likeness (QED) is 0.193. The predicted octanol–water partition coefficient (Wildman–Crippen LogP) is 11.1. The van der Waals surface area contributed by atoms with E-state index in [4.69, 9.17) is 4.98 Å². The van der Waals surface area contributed by atoms with Crippen LogP contribution in [-0.2, 0) is 0 Å². The number of para-hydroxylation sites is 1. The second-order valence-corrected chi connectivity index (χ2v) is 13.3. The van der Waals surface area contributed by atoms with Crippen molar-refractivity contribution in [3.63, 3.8) is 0 Å². The van der Waals surface area contributed by atoms with Gasteiger partial charge in [0.05, 0.1) is 44.5 Å². The van der Waals surface area contributed by atoms with E-state index in [1.54, 1.807) is 0 Å². The standard InChI is InChI=1S/C43H23N5S/c44-24-26-14-17-39-37(21-26)32-9-1-3-12-38(32)47(39)31-20-27(25-45)19-29(23-31)28-7-5-8-30(22-28)48-41-34(36-11-6-18-46-43(36)48)15-16-35-33-10-2-4-13-40(33)49-42(35)41/h1-23H. The number of fused-ring (bicyclic) bond motifs is 10. The molecule has 10 aromatic rings. The summed E-state index contributed by atoms with van der Waals surface area (Å²) in [4.78, 5) is 4.90. The van der Waals surface area contributed by atoms with Crippen LogP contribution < -0.4 is 0 Å². The van der Waals surface area contributed by atoms with Gasteiger partial charge in [-0.25, -0.2) is 4.98 Å². The number of hydrogen-bond donors (Lipinski definition) is 0. The molecule has 0 radical (unpaired) electrons. The van der Waals surface area contributed by atoms with E-state index in [1.165, 1.54) is 25.6 Å². The molecule has 0 unspecified atom stereocenters. The first-order valence-electron chi connectivity index (χ1n) is 16.0. The third kappa shape index (κ3) is 3.99. The summed E-state index contributed by atoms with van der Waals surface area (Å²) in [6, 6.07) is 50.5. The van der Waals surface area contributed by atoms with Gasteiger partial charge in [0, 0.05) is 54.6 Å². The van der Waals surface area contributed by atoms with Gasteiger partial charge in [-0.05, 0) is 83.9 Å². The molecule has 0 saturated carbocycles. The first-order chi connectivity index (χ1) is 24.2. The van der Waals surface area contributed by atoms with Gasteiger partial charge in [-0.15, -0.1) is 11.3 Å². The molecule has 226 valence electrons. The molecule has 0 bridgehead atoms. The first-order valence-corrected chi connectivity index (χ1v) is 16.8. The molecule has 0 spiro atoms. The molecule has 10 rings (SSSR count). The lowest BCUT2D eigenvalue weighted by molar-refractivity contribution is 1.14. The number of nitriles is 2. The van der Waals surface area contributed by atoms with Gasteiger partial charge in [-0.2, -0.15) is 10.5 Å². The third-order valence-electron chi connectivity index (χ3n) is 9.58. The second kappa shape index (κ2) is 10.4. The number of benzene rings is 6. The zero-order valence-electron chi connectivity index (χ0n) is 25.9. The zero-order chi connectivity index (χ0) is 32.6. The Labute approximate surface area is 284 Å². The normalized spacial score (nSPS) is 11.6. The van der Waals surface area contributed by atoms with Crippen molar-refractivity contribution >= 4 is 75.3 Å². The topological polar surface area (TPSA) is 70.3 Å². The summed E-state index contributed by atoms with van der Waals surface area (Å²) < 4.78 is 6.98. The van der Waals surface area contributed by atoms with E-state index < -0.39 is 0 Å². The van der Waals surface area contributed by atoms with Gasteiger partial charge in [-0.1, -0.05) is 60.7 Å². The summed E-state index contributed by atoms with van der Waals surface area (Å²) in [5, 5.41) is 26.7. The van der Waals surface area contributed by atoms with Crippen molar-refractivity contribution in [2.24, 2.45) is 0 Å². The molecular weight excluding hydrogens is 619 g/mol. The Hall–Kier alpha value is -6.73. The molecular formula is C43H23N5S. The van der Waals surface area contributed by atoms with Gasteiger partial charge in [0.15, 0.2) is 0 Å². The first kappa shape index (κ1) is 27.4. The van der Waals surface area contributed by atoms with Crippen LogP contribution in [0.25, 0.3) is 86.4 Å². The molecule has 0 saturated heterocycles. The van der Waals surface area contributed by atoms with Crippen molar-refractivity contribution < 1.29 is 0 Å². The van der Waals surface area contributed by atoms with Gasteiger partial charge in [-0.3, -0.25) is 4.57 Å². The van der Waals surface area contributed by atoms with Crippen molar-refractivity contribution in [1.82, 2.24) is 14.1 Å². The van der Waals surface area contributed by atoms with Crippen LogP contribution in [0.5, 0.6) is 0 Å². The highest BCUT2D eigenvalue weighted by atomic mass is 32.1. The smallest absolute Gasteiger partial charge is 0.145 e. The maximum atomic E-state index is 10.2. The number of thiophene rings is 1. The molecule has 0 aliphatic heterocycles. The predicted molar refractivity (Wildman–Crippen MR) is 201 cm³/mol. The van der Waals surface area contributed by atoms with Gasteiger partial charge < -0.3 is 4.57 Å². The van der Waals surface area contributed by atoms with Crippen molar-refractivity contribution in [3.8, 4) is 34.6 Å². The number of aromatic nitrogens is 3. The molecule has 4 aromatic heterocycles. The number of rotatable bonds is 3. The molecule has 0 aliphatic carbocycles. The van der Waals surface area contributed by atoms with E-state index in [0.29, 0.717) is 11.1 Å². The SMILES string of the molecule is N#Cc1cc(-c2cccc(-n3c4ncccc4c4ccc5c6ccccc6sc5c43)c2)cc(-n2c3ccccc3c3cc(C#N)ccc32)c1. The van der Waals surface area contributed by atoms with E-state index in [2.05, 4.69) is 106 Å². The van der Waals surface area contributed by atoms with E-state index in [-0.39, 0.29) is 0 Å². The molecule has 6 aromatic carbocycles. The molecule has 0 fully saturated rings. The summed E-state index contributed by atoms with van der Waals surface area (Å²) in [5.41, 5.74) is 9.09. The number of hydrogen-bond acceptors (Lipinski definition) is 4. The molecule has 0 amide bonds. The molecule has 0 atom stereocenters. The molecule has 0 N–H and O–H groups in total.